The van der Waals surface area contributed by atoms with Crippen molar-refractivity contribution in [2.75, 3.05) is 5.32 Å². The van der Waals surface area contributed by atoms with E-state index in [1.54, 1.807) is 30.3 Å². The van der Waals surface area contributed by atoms with Gasteiger partial charge in [-0.3, -0.25) is 4.79 Å². The summed E-state index contributed by atoms with van der Waals surface area (Å²) in [5.41, 5.74) is 2.88. The van der Waals surface area contributed by atoms with E-state index in [2.05, 4.69) is 20.4 Å². The van der Waals surface area contributed by atoms with Gasteiger partial charge in [0, 0.05) is 28.0 Å². The zero-order chi connectivity index (χ0) is 17.3. The van der Waals surface area contributed by atoms with E-state index in [-0.39, 0.29) is 5.91 Å². The lowest BCUT2D eigenvalue weighted by molar-refractivity contribution is 0.102. The van der Waals surface area contributed by atoms with E-state index in [1.807, 2.05) is 26.8 Å². The molecule has 0 radical (unpaired) electrons. The van der Waals surface area contributed by atoms with E-state index in [9.17, 15) is 4.79 Å². The quantitative estimate of drug-likeness (QED) is 0.791. The molecule has 1 N–H and O–H groups in total. The highest BCUT2D eigenvalue weighted by atomic mass is 35.5. The van der Waals surface area contributed by atoms with Crippen LogP contribution in [0.1, 0.15) is 27.4 Å². The van der Waals surface area contributed by atoms with Crippen molar-refractivity contribution in [2.45, 2.75) is 20.8 Å². The van der Waals surface area contributed by atoms with Crippen molar-refractivity contribution in [2.24, 2.45) is 0 Å². The monoisotopic (exact) mass is 341 g/mol. The van der Waals surface area contributed by atoms with Gasteiger partial charge < -0.3 is 5.32 Å². The highest BCUT2D eigenvalue weighted by molar-refractivity contribution is 6.31. The Hall–Kier alpha value is -2.73. The highest BCUT2D eigenvalue weighted by Gasteiger charge is 2.14. The fraction of sp³-hybridized carbons (Fsp3) is 0.176. The van der Waals surface area contributed by atoms with Gasteiger partial charge >= 0.3 is 0 Å². The molecule has 0 bridgehead atoms. The first-order valence-electron chi connectivity index (χ1n) is 7.38. The Morgan fingerprint density at radius 1 is 1.04 bits per heavy atom. The van der Waals surface area contributed by atoms with Gasteiger partial charge in [0.05, 0.1) is 5.69 Å². The van der Waals surface area contributed by atoms with Crippen LogP contribution in [0.3, 0.4) is 0 Å². The minimum atomic E-state index is -0.275. The average Bonchev–Trinajstić information content (AvgIpc) is 2.87. The predicted octanol–water partition coefficient (Wildman–Crippen LogP) is 3.49. The van der Waals surface area contributed by atoms with Crippen LogP contribution in [0.2, 0.25) is 5.02 Å². The van der Waals surface area contributed by atoms with Crippen LogP contribution in [0, 0.1) is 20.8 Å². The summed E-state index contributed by atoms with van der Waals surface area (Å²) in [6.07, 6.45) is 0. The molecule has 0 unspecified atom stereocenters. The number of hydrogen-bond acceptors (Lipinski definition) is 4. The van der Waals surface area contributed by atoms with E-state index in [4.69, 9.17) is 11.6 Å². The summed E-state index contributed by atoms with van der Waals surface area (Å²) in [7, 11) is 0. The minimum Gasteiger partial charge on any atom is -0.306 e. The Bertz CT molecular complexity index is 899. The molecule has 0 saturated carbocycles. The molecule has 122 valence electrons. The first-order valence-corrected chi connectivity index (χ1v) is 7.76. The zero-order valence-corrected chi connectivity index (χ0v) is 14.3. The molecule has 24 heavy (non-hydrogen) atoms. The van der Waals surface area contributed by atoms with Crippen molar-refractivity contribution < 1.29 is 4.79 Å². The number of benzene rings is 1. The number of amides is 1. The van der Waals surface area contributed by atoms with E-state index >= 15 is 0 Å². The normalized spacial score (nSPS) is 10.7. The molecule has 1 amide bonds. The number of carbonyl (C=O) groups excluding carboxylic acids is 1. The fourth-order valence-corrected chi connectivity index (χ4v) is 2.55. The molecule has 3 rings (SSSR count). The second-order valence-corrected chi connectivity index (χ2v) is 5.93. The number of hydrogen-bond donors (Lipinski definition) is 1. The molecule has 0 fully saturated rings. The molecule has 0 atom stereocenters. The van der Waals surface area contributed by atoms with Gasteiger partial charge in [-0.2, -0.15) is 9.78 Å². The summed E-state index contributed by atoms with van der Waals surface area (Å²) in [4.78, 5) is 21.2. The van der Waals surface area contributed by atoms with E-state index in [0.29, 0.717) is 22.4 Å². The second kappa shape index (κ2) is 6.41. The maximum atomic E-state index is 12.4. The Kier molecular flexibility index (Phi) is 4.31. The second-order valence-electron chi connectivity index (χ2n) is 5.50. The minimum absolute atomic E-state index is 0.275. The SMILES string of the molecule is Cc1cc(C)nc(-n2nc(C)cc2NC(=O)c2cccc(Cl)c2)n1. The first-order chi connectivity index (χ1) is 11.4. The molecule has 3 aromatic rings. The molecular formula is C17H16ClN5O. The summed E-state index contributed by atoms with van der Waals surface area (Å²) >= 11 is 5.94. The first kappa shape index (κ1) is 16.1. The van der Waals surface area contributed by atoms with Crippen LogP contribution in [0.4, 0.5) is 5.82 Å². The van der Waals surface area contributed by atoms with Crippen LogP contribution in [-0.2, 0) is 0 Å². The Morgan fingerprint density at radius 2 is 1.75 bits per heavy atom. The van der Waals surface area contributed by atoms with Crippen LogP contribution in [0.15, 0.2) is 36.4 Å². The van der Waals surface area contributed by atoms with Crippen LogP contribution in [0.25, 0.3) is 5.95 Å². The Morgan fingerprint density at radius 3 is 2.42 bits per heavy atom. The zero-order valence-electron chi connectivity index (χ0n) is 13.5. The number of anilines is 1. The van der Waals surface area contributed by atoms with Crippen molar-refractivity contribution in [1.82, 2.24) is 19.7 Å². The van der Waals surface area contributed by atoms with Gasteiger partial charge in [0.2, 0.25) is 0 Å². The number of nitrogens with zero attached hydrogens (tertiary/aromatic N) is 4. The van der Waals surface area contributed by atoms with Crippen molar-refractivity contribution >= 4 is 23.3 Å². The largest absolute Gasteiger partial charge is 0.306 e. The smallest absolute Gasteiger partial charge is 0.256 e. The van der Waals surface area contributed by atoms with E-state index in [0.717, 1.165) is 17.1 Å². The summed E-state index contributed by atoms with van der Waals surface area (Å²) in [5.74, 6) is 0.646. The molecule has 6 nitrogen and oxygen atoms in total. The number of carbonyl (C=O) groups is 1. The summed E-state index contributed by atoms with van der Waals surface area (Å²) < 4.78 is 1.53. The molecule has 0 aliphatic heterocycles. The third kappa shape index (κ3) is 3.44. The summed E-state index contributed by atoms with van der Waals surface area (Å²) in [5, 5.41) is 7.72. The van der Waals surface area contributed by atoms with E-state index in [1.165, 1.54) is 4.68 Å². The molecule has 1 aromatic carbocycles. The molecule has 0 aliphatic rings. The fourth-order valence-electron chi connectivity index (χ4n) is 2.36. The molecule has 2 aromatic heterocycles. The lowest BCUT2D eigenvalue weighted by atomic mass is 10.2. The number of halogens is 1. The molecule has 0 aliphatic carbocycles. The van der Waals surface area contributed by atoms with Gasteiger partial charge in [0.15, 0.2) is 0 Å². The number of rotatable bonds is 3. The van der Waals surface area contributed by atoms with Crippen LogP contribution >= 0.6 is 11.6 Å². The molecule has 0 saturated heterocycles. The summed E-state index contributed by atoms with van der Waals surface area (Å²) in [6, 6.07) is 10.4. The lowest BCUT2D eigenvalue weighted by Crippen LogP contribution is -2.16. The third-order valence-electron chi connectivity index (χ3n) is 3.32. The maximum absolute atomic E-state index is 12.4. The average molecular weight is 342 g/mol. The van der Waals surface area contributed by atoms with Crippen molar-refractivity contribution in [3.63, 3.8) is 0 Å². The Balaban J connectivity index is 1.96. The van der Waals surface area contributed by atoms with Crippen molar-refractivity contribution in [1.29, 1.82) is 0 Å². The maximum Gasteiger partial charge on any atom is 0.256 e. The van der Waals surface area contributed by atoms with Gasteiger partial charge in [-0.15, -0.1) is 0 Å². The van der Waals surface area contributed by atoms with Crippen LogP contribution in [0.5, 0.6) is 0 Å². The summed E-state index contributed by atoms with van der Waals surface area (Å²) in [6.45, 7) is 5.62. The highest BCUT2D eigenvalue weighted by Crippen LogP contribution is 2.17. The number of aryl methyl sites for hydroxylation is 3. The third-order valence-corrected chi connectivity index (χ3v) is 3.55. The van der Waals surface area contributed by atoms with Gasteiger partial charge in [0.1, 0.15) is 5.82 Å². The lowest BCUT2D eigenvalue weighted by Gasteiger charge is -2.09. The van der Waals surface area contributed by atoms with Gasteiger partial charge in [-0.1, -0.05) is 17.7 Å². The standard InChI is InChI=1S/C17H16ClN5O/c1-10-7-11(2)20-17(19-10)23-15(8-12(3)22-23)21-16(24)13-5-4-6-14(18)9-13/h4-9H,1-3H3,(H,21,24). The molecule has 2 heterocycles. The topological polar surface area (TPSA) is 72.7 Å². The van der Waals surface area contributed by atoms with Gasteiger partial charge in [-0.25, -0.2) is 9.97 Å². The van der Waals surface area contributed by atoms with Crippen LogP contribution < -0.4 is 5.32 Å². The molecule has 7 heteroatoms. The van der Waals surface area contributed by atoms with Crippen molar-refractivity contribution in [3.8, 4) is 5.95 Å². The number of aromatic nitrogens is 4. The number of nitrogens with one attached hydrogen (secondary N) is 1. The predicted molar refractivity (Wildman–Crippen MR) is 92.8 cm³/mol. The van der Waals surface area contributed by atoms with Crippen LogP contribution in [-0.4, -0.2) is 25.7 Å². The van der Waals surface area contributed by atoms with E-state index < -0.39 is 0 Å². The molecular weight excluding hydrogens is 326 g/mol. The molecule has 0 spiro atoms. The van der Waals surface area contributed by atoms with Gasteiger partial charge in [-0.05, 0) is 45.0 Å². The Labute approximate surface area is 144 Å². The van der Waals surface area contributed by atoms with Gasteiger partial charge in [0.25, 0.3) is 11.9 Å². The van der Waals surface area contributed by atoms with Crippen molar-refractivity contribution in [3.05, 3.63) is 64.1 Å².